The summed E-state index contributed by atoms with van der Waals surface area (Å²) < 4.78 is 2.78. The molecule has 3 heterocycles. The minimum absolute atomic E-state index is 0.818. The fourth-order valence-electron chi connectivity index (χ4n) is 3.26. The smallest absolute Gasteiger partial charge is 0.209 e. The Kier molecular flexibility index (Phi) is 5.47. The summed E-state index contributed by atoms with van der Waals surface area (Å²) in [5.41, 5.74) is 3.57. The molecule has 0 bridgehead atoms. The van der Waals surface area contributed by atoms with E-state index in [4.69, 9.17) is 12.2 Å². The molecule has 0 radical (unpaired) electrons. The average Bonchev–Trinajstić information content (AvgIpc) is 3.04. The molecule has 140 valence electrons. The lowest BCUT2D eigenvalue weighted by molar-refractivity contribution is -0.924. The van der Waals surface area contributed by atoms with Crippen LogP contribution in [0.4, 0.5) is 16.5 Å². The van der Waals surface area contributed by atoms with Gasteiger partial charge in [0.15, 0.2) is 23.0 Å². The molecule has 3 aromatic rings. The van der Waals surface area contributed by atoms with Crippen molar-refractivity contribution in [1.29, 1.82) is 0 Å². The van der Waals surface area contributed by atoms with Crippen LogP contribution in [0.2, 0.25) is 0 Å². The first-order valence-electron chi connectivity index (χ1n) is 9.14. The first-order chi connectivity index (χ1) is 13.2. The maximum Gasteiger partial charge on any atom is 0.209 e. The van der Waals surface area contributed by atoms with Crippen molar-refractivity contribution in [3.05, 3.63) is 58.3 Å². The normalized spacial score (nSPS) is 15.1. The van der Waals surface area contributed by atoms with Gasteiger partial charge in [-0.1, -0.05) is 29.0 Å². The molecule has 4 rings (SSSR count). The number of anilines is 3. The Morgan fingerprint density at radius 1 is 1.15 bits per heavy atom. The molecule has 0 saturated carbocycles. The molecule has 27 heavy (non-hydrogen) atoms. The lowest BCUT2D eigenvalue weighted by atomic mass is 10.2. The Labute approximate surface area is 168 Å². The Hall–Kier alpha value is -2.29. The summed E-state index contributed by atoms with van der Waals surface area (Å²) in [6.07, 6.45) is 3.96. The summed E-state index contributed by atoms with van der Waals surface area (Å²) in [6.45, 7) is 7.16. The number of nitrogens with one attached hydrogen (secondary N) is 3. The van der Waals surface area contributed by atoms with Crippen LogP contribution >= 0.6 is 23.6 Å². The van der Waals surface area contributed by atoms with Gasteiger partial charge < -0.3 is 15.1 Å². The van der Waals surface area contributed by atoms with Crippen LogP contribution < -0.4 is 20.1 Å². The number of aromatic amines is 1. The number of benzene rings is 1. The second-order valence-electron chi connectivity index (χ2n) is 6.82. The largest absolute Gasteiger partial charge is 0.360 e. The number of nitrogens with zero attached hydrogens (tertiary/aromatic N) is 3. The molecule has 1 fully saturated rings. The zero-order valence-electron chi connectivity index (χ0n) is 15.3. The first kappa shape index (κ1) is 18.1. The summed E-state index contributed by atoms with van der Waals surface area (Å²) in [4.78, 5) is 7.03. The molecule has 0 atom stereocenters. The molecule has 8 heteroatoms. The lowest BCUT2D eigenvalue weighted by Crippen LogP contribution is -3.14. The molecule has 0 unspecified atom stereocenters. The summed E-state index contributed by atoms with van der Waals surface area (Å²) in [7, 11) is 0. The van der Waals surface area contributed by atoms with E-state index in [2.05, 4.69) is 63.6 Å². The van der Waals surface area contributed by atoms with Crippen molar-refractivity contribution in [1.82, 2.24) is 9.78 Å². The van der Waals surface area contributed by atoms with Gasteiger partial charge in [0.05, 0.1) is 26.2 Å². The minimum Gasteiger partial charge on any atom is -0.360 e. The van der Waals surface area contributed by atoms with Crippen molar-refractivity contribution in [3.63, 3.8) is 0 Å². The molecule has 2 aromatic heterocycles. The Morgan fingerprint density at radius 2 is 1.85 bits per heavy atom. The molecule has 6 nitrogen and oxygen atoms in total. The number of H-pyrrole nitrogens is 1. The third-order valence-corrected chi connectivity index (χ3v) is 6.04. The van der Waals surface area contributed by atoms with E-state index in [0.29, 0.717) is 0 Å². The van der Waals surface area contributed by atoms with Gasteiger partial charge in [0.2, 0.25) is 5.13 Å². The topological polar surface area (TPSA) is 51.7 Å². The predicted molar refractivity (Wildman–Crippen MR) is 111 cm³/mol. The standard InChI is InChI=1S/C19H22N6S2/c1-15-2-4-16(5-3-15)21-18-22-25(19(26)27-18)14-23-10-12-24(13-11-23)17-6-8-20-9-7-17/h2-9H,10-14H2,1H3,(H,21,22)/p+2. The zero-order valence-corrected chi connectivity index (χ0v) is 16.9. The van der Waals surface area contributed by atoms with E-state index in [-0.39, 0.29) is 0 Å². The molecule has 0 amide bonds. The van der Waals surface area contributed by atoms with E-state index < -0.39 is 0 Å². The minimum atomic E-state index is 0.818. The number of piperazine rings is 1. The van der Waals surface area contributed by atoms with Crippen LogP contribution in [0.5, 0.6) is 0 Å². The van der Waals surface area contributed by atoms with Gasteiger partial charge in [-0.25, -0.2) is 4.98 Å². The van der Waals surface area contributed by atoms with E-state index in [1.54, 1.807) is 0 Å². The molecule has 1 aliphatic rings. The van der Waals surface area contributed by atoms with E-state index in [9.17, 15) is 0 Å². The van der Waals surface area contributed by atoms with E-state index in [0.717, 1.165) is 47.6 Å². The average molecular weight is 401 g/mol. The first-order valence-corrected chi connectivity index (χ1v) is 10.4. The zero-order chi connectivity index (χ0) is 18.6. The third-order valence-electron chi connectivity index (χ3n) is 4.82. The van der Waals surface area contributed by atoms with Crippen LogP contribution in [0.15, 0.2) is 48.8 Å². The van der Waals surface area contributed by atoms with Crippen LogP contribution in [0.3, 0.4) is 0 Å². The third kappa shape index (κ3) is 4.52. The van der Waals surface area contributed by atoms with Gasteiger partial charge in [0.25, 0.3) is 0 Å². The van der Waals surface area contributed by atoms with Gasteiger partial charge in [0, 0.05) is 23.5 Å². The molecule has 0 aliphatic carbocycles. The van der Waals surface area contributed by atoms with Gasteiger partial charge in [-0.2, -0.15) is 4.68 Å². The summed E-state index contributed by atoms with van der Waals surface area (Å²) in [5, 5.41) is 8.89. The summed E-state index contributed by atoms with van der Waals surface area (Å²) in [6, 6.07) is 12.6. The number of aromatic nitrogens is 3. The van der Waals surface area contributed by atoms with E-state index in [1.807, 2.05) is 17.1 Å². The quantitative estimate of drug-likeness (QED) is 0.643. The van der Waals surface area contributed by atoms with E-state index >= 15 is 0 Å². The fraction of sp³-hybridized carbons (Fsp3) is 0.316. The van der Waals surface area contributed by atoms with Crippen molar-refractivity contribution in [2.75, 3.05) is 36.4 Å². The van der Waals surface area contributed by atoms with Crippen molar-refractivity contribution < 1.29 is 9.88 Å². The maximum atomic E-state index is 5.53. The molecular weight excluding hydrogens is 376 g/mol. The Morgan fingerprint density at radius 3 is 2.56 bits per heavy atom. The second-order valence-corrected chi connectivity index (χ2v) is 8.44. The Bertz CT molecular complexity index is 927. The predicted octanol–water partition coefficient (Wildman–Crippen LogP) is 1.90. The SMILES string of the molecule is Cc1ccc(Nc2nn(C[NH+]3CCN(c4cc[nH+]cc4)CC3)c(=S)s2)cc1. The number of pyridine rings is 1. The monoisotopic (exact) mass is 400 g/mol. The molecule has 1 aromatic carbocycles. The number of rotatable bonds is 5. The molecule has 0 spiro atoms. The lowest BCUT2D eigenvalue weighted by Gasteiger charge is -2.33. The molecule has 1 aliphatic heterocycles. The number of quaternary nitrogens is 1. The van der Waals surface area contributed by atoms with Crippen LogP contribution in [0.1, 0.15) is 5.56 Å². The van der Waals surface area contributed by atoms with E-state index in [1.165, 1.54) is 27.5 Å². The number of hydrogen-bond acceptors (Lipinski definition) is 5. The molecule has 1 saturated heterocycles. The van der Waals surface area contributed by atoms with Crippen LogP contribution in [-0.2, 0) is 6.67 Å². The van der Waals surface area contributed by atoms with Crippen LogP contribution in [0.25, 0.3) is 0 Å². The number of hydrogen-bond donors (Lipinski definition) is 2. The van der Waals surface area contributed by atoms with Gasteiger partial charge in [0.1, 0.15) is 0 Å². The highest BCUT2D eigenvalue weighted by Crippen LogP contribution is 2.20. The fourth-order valence-corrected chi connectivity index (χ4v) is 4.28. The van der Waals surface area contributed by atoms with Gasteiger partial charge in [-0.05, 0) is 31.3 Å². The van der Waals surface area contributed by atoms with Crippen molar-refractivity contribution in [3.8, 4) is 0 Å². The van der Waals surface area contributed by atoms with Crippen molar-refractivity contribution in [2.24, 2.45) is 0 Å². The van der Waals surface area contributed by atoms with Gasteiger partial charge in [-0.3, -0.25) is 0 Å². The van der Waals surface area contributed by atoms with Crippen LogP contribution in [-0.4, -0.2) is 36.0 Å². The highest BCUT2D eigenvalue weighted by Gasteiger charge is 2.21. The second kappa shape index (κ2) is 8.16. The summed E-state index contributed by atoms with van der Waals surface area (Å²) >= 11 is 7.06. The van der Waals surface area contributed by atoms with Crippen molar-refractivity contribution in [2.45, 2.75) is 13.6 Å². The molecular formula is C19H24N6S2+2. The Balaban J connectivity index is 1.36. The highest BCUT2D eigenvalue weighted by atomic mass is 32.1. The van der Waals surface area contributed by atoms with Gasteiger partial charge in [-0.15, -0.1) is 5.10 Å². The van der Waals surface area contributed by atoms with Crippen LogP contribution in [0, 0.1) is 10.9 Å². The maximum absolute atomic E-state index is 5.53. The van der Waals surface area contributed by atoms with Crippen molar-refractivity contribution >= 4 is 40.1 Å². The number of aryl methyl sites for hydroxylation is 1. The highest BCUT2D eigenvalue weighted by molar-refractivity contribution is 7.73. The summed E-state index contributed by atoms with van der Waals surface area (Å²) in [5.74, 6) is 0. The van der Waals surface area contributed by atoms with Gasteiger partial charge >= 0.3 is 0 Å². The molecule has 3 N–H and O–H groups in total.